The fraction of sp³-hybridized carbons (Fsp3) is 0.400. The van der Waals surface area contributed by atoms with Gasteiger partial charge in [-0.25, -0.2) is 9.78 Å². The second-order valence-corrected chi connectivity index (χ2v) is 8.18. The number of rotatable bonds is 6. The van der Waals surface area contributed by atoms with Crippen molar-refractivity contribution in [3.63, 3.8) is 0 Å². The highest BCUT2D eigenvalue weighted by Crippen LogP contribution is 2.34. The van der Waals surface area contributed by atoms with Crippen LogP contribution in [0.25, 0.3) is 0 Å². The summed E-state index contributed by atoms with van der Waals surface area (Å²) in [5.41, 5.74) is 0.470. The number of cyclic esters (lactones) is 1. The van der Waals surface area contributed by atoms with Gasteiger partial charge in [0.05, 0.1) is 19.4 Å². The lowest BCUT2D eigenvalue weighted by atomic mass is 9.90. The lowest BCUT2D eigenvalue weighted by Crippen LogP contribution is -2.36. The van der Waals surface area contributed by atoms with Crippen LogP contribution >= 0.6 is 11.3 Å². The molecule has 7 nitrogen and oxygen atoms in total. The van der Waals surface area contributed by atoms with Gasteiger partial charge in [0, 0.05) is 4.88 Å². The highest BCUT2D eigenvalue weighted by molar-refractivity contribution is 7.16. The molecule has 1 fully saturated rings. The molecule has 28 heavy (non-hydrogen) atoms. The smallest absolute Gasteiger partial charge is 0.357 e. The summed E-state index contributed by atoms with van der Waals surface area (Å²) < 4.78 is 10.0. The zero-order valence-corrected chi connectivity index (χ0v) is 16.8. The first-order valence-corrected chi connectivity index (χ1v) is 9.76. The molecule has 1 N–H and O–H groups in total. The molecule has 3 rings (SSSR count). The summed E-state index contributed by atoms with van der Waals surface area (Å²) in [6, 6.07) is 9.90. The predicted octanol–water partition coefficient (Wildman–Crippen LogP) is 3.00. The molecule has 0 unspecified atom stereocenters. The molecular formula is C20H22N2O5S. The number of anilines is 1. The Morgan fingerprint density at radius 2 is 2.00 bits per heavy atom. The molecule has 2 aromatic rings. The first-order valence-electron chi connectivity index (χ1n) is 8.95. The van der Waals surface area contributed by atoms with Crippen LogP contribution in [0.3, 0.4) is 0 Å². The van der Waals surface area contributed by atoms with Gasteiger partial charge in [0.2, 0.25) is 5.91 Å². The van der Waals surface area contributed by atoms with Crippen molar-refractivity contribution < 1.29 is 23.9 Å². The van der Waals surface area contributed by atoms with Crippen LogP contribution < -0.4 is 5.32 Å². The van der Waals surface area contributed by atoms with Crippen LogP contribution in [0.15, 0.2) is 30.3 Å². The van der Waals surface area contributed by atoms with E-state index in [9.17, 15) is 14.4 Å². The maximum atomic E-state index is 12.6. The Morgan fingerprint density at radius 1 is 1.29 bits per heavy atom. The maximum Gasteiger partial charge on any atom is 0.357 e. The van der Waals surface area contributed by atoms with Crippen LogP contribution in [0.4, 0.5) is 5.13 Å². The number of methoxy groups -OCH3 is 1. The first-order chi connectivity index (χ1) is 13.3. The number of nitrogens with one attached hydrogen (secondary N) is 1. The van der Waals surface area contributed by atoms with Gasteiger partial charge in [0.25, 0.3) is 0 Å². The summed E-state index contributed by atoms with van der Waals surface area (Å²) in [4.78, 5) is 41.3. The van der Waals surface area contributed by atoms with Crippen molar-refractivity contribution in [3.8, 4) is 0 Å². The van der Waals surface area contributed by atoms with Crippen molar-refractivity contribution in [2.45, 2.75) is 38.7 Å². The van der Waals surface area contributed by atoms with E-state index in [4.69, 9.17) is 9.47 Å². The summed E-state index contributed by atoms with van der Waals surface area (Å²) in [7, 11) is 1.30. The number of aromatic nitrogens is 1. The SMILES string of the molecule is COC(=O)c1nc(NC(=O)[C@@H]2CC(=O)OC2(C)C)sc1CCc1ccccc1. The van der Waals surface area contributed by atoms with Crippen LogP contribution in [-0.2, 0) is 31.9 Å². The summed E-state index contributed by atoms with van der Waals surface area (Å²) >= 11 is 1.24. The summed E-state index contributed by atoms with van der Waals surface area (Å²) in [5, 5.41) is 3.04. The van der Waals surface area contributed by atoms with Gasteiger partial charge in [-0.1, -0.05) is 30.3 Å². The highest BCUT2D eigenvalue weighted by Gasteiger charge is 2.46. The van der Waals surface area contributed by atoms with Gasteiger partial charge in [-0.3, -0.25) is 9.59 Å². The third kappa shape index (κ3) is 4.39. The fourth-order valence-corrected chi connectivity index (χ4v) is 4.10. The van der Waals surface area contributed by atoms with Crippen LogP contribution in [-0.4, -0.2) is 35.5 Å². The first kappa shape index (κ1) is 20.0. The van der Waals surface area contributed by atoms with Gasteiger partial charge in [0.15, 0.2) is 10.8 Å². The minimum atomic E-state index is -0.875. The van der Waals surface area contributed by atoms with E-state index in [2.05, 4.69) is 10.3 Å². The summed E-state index contributed by atoms with van der Waals surface area (Å²) in [6.07, 6.45) is 1.35. The van der Waals surface area contributed by atoms with Crippen molar-refractivity contribution in [3.05, 3.63) is 46.5 Å². The van der Waals surface area contributed by atoms with E-state index in [1.54, 1.807) is 13.8 Å². The van der Waals surface area contributed by atoms with E-state index in [1.807, 2.05) is 30.3 Å². The minimum Gasteiger partial charge on any atom is -0.464 e. The van der Waals surface area contributed by atoms with Crippen molar-refractivity contribution in [1.29, 1.82) is 0 Å². The standard InChI is InChI=1S/C20H22N2O5S/c1-20(2)13(11-15(23)27-20)17(24)22-19-21-16(18(25)26-3)14(28-19)10-9-12-7-5-4-6-8-12/h4-8,13H,9-11H2,1-3H3,(H,21,22,24)/t13-/m0/s1. The molecule has 1 aromatic heterocycles. The Bertz CT molecular complexity index is 891. The molecule has 0 bridgehead atoms. The van der Waals surface area contributed by atoms with Gasteiger partial charge >= 0.3 is 11.9 Å². The quantitative estimate of drug-likeness (QED) is 0.747. The molecule has 1 atom stereocenters. The lowest BCUT2D eigenvalue weighted by Gasteiger charge is -2.23. The zero-order chi connectivity index (χ0) is 20.3. The van der Waals surface area contributed by atoms with E-state index in [1.165, 1.54) is 18.4 Å². The molecule has 148 valence electrons. The Morgan fingerprint density at radius 3 is 2.61 bits per heavy atom. The van der Waals surface area contributed by atoms with Crippen LogP contribution in [0.2, 0.25) is 0 Å². The number of amides is 1. The molecule has 2 heterocycles. The van der Waals surface area contributed by atoms with Gasteiger partial charge in [0.1, 0.15) is 5.60 Å². The molecule has 1 aliphatic rings. The van der Waals surface area contributed by atoms with Gasteiger partial charge < -0.3 is 14.8 Å². The van der Waals surface area contributed by atoms with Gasteiger partial charge in [-0.05, 0) is 32.3 Å². The lowest BCUT2D eigenvalue weighted by molar-refractivity contribution is -0.147. The predicted molar refractivity (Wildman–Crippen MR) is 104 cm³/mol. The van der Waals surface area contributed by atoms with E-state index < -0.39 is 23.5 Å². The molecule has 8 heteroatoms. The zero-order valence-electron chi connectivity index (χ0n) is 16.0. The second kappa shape index (κ2) is 8.10. The molecule has 1 aromatic carbocycles. The number of ether oxygens (including phenoxy) is 2. The molecule has 0 spiro atoms. The molecule has 1 aliphatic heterocycles. The van der Waals surface area contributed by atoms with Gasteiger partial charge in [-0.2, -0.15) is 0 Å². The average Bonchev–Trinajstić information content (AvgIpc) is 3.19. The number of carbonyl (C=O) groups excluding carboxylic acids is 3. The minimum absolute atomic E-state index is 0.0227. The fourth-order valence-electron chi connectivity index (χ4n) is 3.15. The number of hydrogen-bond donors (Lipinski definition) is 1. The van der Waals surface area contributed by atoms with Crippen LogP contribution in [0.5, 0.6) is 0 Å². The Hall–Kier alpha value is -2.74. The average molecular weight is 402 g/mol. The number of thiazole rings is 1. The number of nitrogens with zero attached hydrogens (tertiary/aromatic N) is 1. The molecule has 0 saturated carbocycles. The Labute approximate surface area is 167 Å². The number of hydrogen-bond acceptors (Lipinski definition) is 7. The van der Waals surface area contributed by atoms with Gasteiger partial charge in [-0.15, -0.1) is 11.3 Å². The third-order valence-corrected chi connectivity index (χ3v) is 5.72. The van der Waals surface area contributed by atoms with Crippen LogP contribution in [0, 0.1) is 5.92 Å². The summed E-state index contributed by atoms with van der Waals surface area (Å²) in [5.74, 6) is -1.91. The van der Waals surface area contributed by atoms with E-state index in [0.29, 0.717) is 11.6 Å². The third-order valence-electron chi connectivity index (χ3n) is 4.69. The molecule has 0 aliphatic carbocycles. The van der Waals surface area contributed by atoms with Crippen molar-refractivity contribution >= 4 is 34.3 Å². The van der Waals surface area contributed by atoms with Crippen molar-refractivity contribution in [2.75, 3.05) is 12.4 Å². The molecular weight excluding hydrogens is 380 g/mol. The molecule has 1 saturated heterocycles. The highest BCUT2D eigenvalue weighted by atomic mass is 32.1. The van der Waals surface area contributed by atoms with E-state index in [-0.39, 0.29) is 18.0 Å². The normalized spacial score (nSPS) is 17.8. The number of esters is 2. The topological polar surface area (TPSA) is 94.6 Å². The number of aryl methyl sites for hydroxylation is 2. The summed E-state index contributed by atoms with van der Waals surface area (Å²) in [6.45, 7) is 3.41. The maximum absolute atomic E-state index is 12.6. The Kier molecular flexibility index (Phi) is 5.79. The monoisotopic (exact) mass is 402 g/mol. The number of carbonyl (C=O) groups is 3. The molecule has 1 amide bonds. The van der Waals surface area contributed by atoms with Crippen molar-refractivity contribution in [1.82, 2.24) is 4.98 Å². The van der Waals surface area contributed by atoms with E-state index >= 15 is 0 Å². The van der Waals surface area contributed by atoms with Crippen LogP contribution in [0.1, 0.15) is 41.2 Å². The van der Waals surface area contributed by atoms with Crippen molar-refractivity contribution in [2.24, 2.45) is 5.92 Å². The van der Waals surface area contributed by atoms with E-state index in [0.717, 1.165) is 16.9 Å². The second-order valence-electron chi connectivity index (χ2n) is 7.09. The molecule has 0 radical (unpaired) electrons. The Balaban J connectivity index is 1.76. The largest absolute Gasteiger partial charge is 0.464 e. The number of benzene rings is 1.